The molecule has 6 aromatic rings. The Morgan fingerprint density at radius 1 is 0.500 bits per heavy atom. The summed E-state index contributed by atoms with van der Waals surface area (Å²) in [6.07, 6.45) is 1.24. The van der Waals surface area contributed by atoms with E-state index in [1.807, 2.05) is 0 Å². The van der Waals surface area contributed by atoms with Gasteiger partial charge in [-0.2, -0.15) is 0 Å². The summed E-state index contributed by atoms with van der Waals surface area (Å²) in [5, 5.41) is 29.3. The van der Waals surface area contributed by atoms with Crippen LogP contribution in [0.1, 0.15) is 29.5 Å². The fraction of sp³-hybridized carbons (Fsp3) is 0.118. The Hall–Kier alpha value is -2.76. The first kappa shape index (κ1) is 30.2. The van der Waals surface area contributed by atoms with Crippen molar-refractivity contribution >= 4 is 39.6 Å². The molecule has 0 fully saturated rings. The van der Waals surface area contributed by atoms with E-state index in [2.05, 4.69) is 127 Å². The molecule has 0 heterocycles. The van der Waals surface area contributed by atoms with Crippen molar-refractivity contribution in [3.63, 3.8) is 0 Å². The molecule has 6 aromatic carbocycles. The van der Waals surface area contributed by atoms with Crippen LogP contribution in [0.25, 0.3) is 32.3 Å². The van der Waals surface area contributed by atoms with Crippen molar-refractivity contribution in [2.24, 2.45) is 0 Å². The first-order valence-electron chi connectivity index (χ1n) is 13.0. The Kier molecular flexibility index (Phi) is 10.0. The van der Waals surface area contributed by atoms with Crippen LogP contribution in [-0.2, 0) is 10.1 Å². The second-order valence-electron chi connectivity index (χ2n) is 9.85. The molecule has 0 amide bonds. The van der Waals surface area contributed by atoms with Gasteiger partial charge in [0.15, 0.2) is 0 Å². The van der Waals surface area contributed by atoms with Crippen LogP contribution in [-0.4, -0.2) is 13.9 Å². The Bertz CT molecular complexity index is 1550. The van der Waals surface area contributed by atoms with Crippen molar-refractivity contribution in [2.75, 3.05) is 6.61 Å². The molecule has 0 N–H and O–H groups in total. The topological polar surface area (TPSA) is 55.3 Å². The SMILES string of the molecule is [Li+].[Li+].[O-]B([O-])OCCCC(c1ccc2ccccc2c1)(c1ccc2ccccc2c1)c1ccc2ccccc2c1. The molecule has 0 aliphatic carbocycles. The molecule has 0 atom stereocenters. The fourth-order valence-electron chi connectivity index (χ4n) is 5.81. The molecule has 0 aliphatic rings. The van der Waals surface area contributed by atoms with Gasteiger partial charge in [-0.25, -0.2) is 0 Å². The first-order valence-corrected chi connectivity index (χ1v) is 13.0. The molecule has 0 bridgehead atoms. The molecule has 3 nitrogen and oxygen atoms in total. The zero-order chi connectivity index (χ0) is 26.0. The summed E-state index contributed by atoms with van der Waals surface area (Å²) in [4.78, 5) is 0. The minimum absolute atomic E-state index is 0. The van der Waals surface area contributed by atoms with Gasteiger partial charge in [0.25, 0.3) is 0 Å². The van der Waals surface area contributed by atoms with Gasteiger partial charge in [-0.15, -0.1) is 0 Å². The average molecular weight is 508 g/mol. The maximum absolute atomic E-state index is 11.1. The Labute approximate surface area is 259 Å². The largest absolute Gasteiger partial charge is 1.00 e. The van der Waals surface area contributed by atoms with E-state index in [0.717, 1.165) is 0 Å². The van der Waals surface area contributed by atoms with Crippen molar-refractivity contribution in [3.8, 4) is 0 Å². The summed E-state index contributed by atoms with van der Waals surface area (Å²) in [6.45, 7) is 0.119. The van der Waals surface area contributed by atoms with E-state index in [-0.39, 0.29) is 44.3 Å². The number of hydrogen-bond donors (Lipinski definition) is 0. The molecule has 40 heavy (non-hydrogen) atoms. The van der Waals surface area contributed by atoms with Crippen LogP contribution < -0.4 is 47.8 Å². The molecule has 0 saturated carbocycles. The molecular formula is C34H27BLi2O3. The summed E-state index contributed by atoms with van der Waals surface area (Å²) < 4.78 is 4.94. The van der Waals surface area contributed by atoms with Crippen LogP contribution in [0.3, 0.4) is 0 Å². The van der Waals surface area contributed by atoms with Gasteiger partial charge in [-0.3, -0.25) is 0 Å². The van der Waals surface area contributed by atoms with Crippen molar-refractivity contribution in [1.29, 1.82) is 0 Å². The summed E-state index contributed by atoms with van der Waals surface area (Å²) in [5.41, 5.74) is 2.98. The van der Waals surface area contributed by atoms with E-state index >= 15 is 0 Å². The zero-order valence-corrected chi connectivity index (χ0v) is 23.0. The van der Waals surface area contributed by atoms with E-state index < -0.39 is 12.7 Å². The van der Waals surface area contributed by atoms with E-state index in [4.69, 9.17) is 4.65 Å². The quantitative estimate of drug-likeness (QED) is 0.165. The van der Waals surface area contributed by atoms with Crippen molar-refractivity contribution in [2.45, 2.75) is 18.3 Å². The maximum atomic E-state index is 11.1. The maximum Gasteiger partial charge on any atom is 1.00 e. The minimum atomic E-state index is -2.27. The second-order valence-corrected chi connectivity index (χ2v) is 9.85. The van der Waals surface area contributed by atoms with E-state index in [1.165, 1.54) is 49.0 Å². The fourth-order valence-corrected chi connectivity index (χ4v) is 5.81. The van der Waals surface area contributed by atoms with Crippen LogP contribution >= 0.6 is 0 Å². The van der Waals surface area contributed by atoms with Crippen molar-refractivity contribution in [1.82, 2.24) is 0 Å². The molecule has 0 aliphatic heterocycles. The van der Waals surface area contributed by atoms with Gasteiger partial charge in [0.05, 0.1) is 7.32 Å². The summed E-state index contributed by atoms with van der Waals surface area (Å²) in [6, 6.07) is 45.2. The summed E-state index contributed by atoms with van der Waals surface area (Å²) in [5.74, 6) is 0. The molecule has 6 heteroatoms. The van der Waals surface area contributed by atoms with E-state index in [0.29, 0.717) is 12.8 Å². The summed E-state index contributed by atoms with van der Waals surface area (Å²) in [7, 11) is -2.27. The van der Waals surface area contributed by atoms with E-state index in [9.17, 15) is 10.0 Å². The van der Waals surface area contributed by atoms with Crippen LogP contribution in [0.4, 0.5) is 0 Å². The Morgan fingerprint density at radius 2 is 0.850 bits per heavy atom. The van der Waals surface area contributed by atoms with Crippen LogP contribution in [0.2, 0.25) is 0 Å². The number of rotatable bonds is 8. The Balaban J connectivity index is 0.00000185. The number of benzene rings is 6. The van der Waals surface area contributed by atoms with Gasteiger partial charge in [-0.05, 0) is 80.0 Å². The molecule has 186 valence electrons. The van der Waals surface area contributed by atoms with Gasteiger partial charge in [0, 0.05) is 12.0 Å². The van der Waals surface area contributed by atoms with Crippen LogP contribution in [0.15, 0.2) is 127 Å². The first-order chi connectivity index (χ1) is 18.6. The third-order valence-corrected chi connectivity index (χ3v) is 7.68. The molecule has 0 radical (unpaired) electrons. The average Bonchev–Trinajstić information content (AvgIpc) is 2.96. The van der Waals surface area contributed by atoms with Crippen LogP contribution in [0.5, 0.6) is 0 Å². The molecule has 0 saturated heterocycles. The number of hydrogen-bond acceptors (Lipinski definition) is 3. The smallest absolute Gasteiger partial charge is 0.871 e. The van der Waals surface area contributed by atoms with Gasteiger partial charge in [0.2, 0.25) is 0 Å². The van der Waals surface area contributed by atoms with Gasteiger partial charge >= 0.3 is 37.7 Å². The third-order valence-electron chi connectivity index (χ3n) is 7.68. The Morgan fingerprint density at radius 3 is 1.20 bits per heavy atom. The van der Waals surface area contributed by atoms with Gasteiger partial charge < -0.3 is 14.7 Å². The molecular weight excluding hydrogens is 481 g/mol. The monoisotopic (exact) mass is 508 g/mol. The van der Waals surface area contributed by atoms with Crippen molar-refractivity contribution in [3.05, 3.63) is 144 Å². The minimum Gasteiger partial charge on any atom is -0.871 e. The molecule has 0 aromatic heterocycles. The molecule has 0 unspecified atom stereocenters. The van der Waals surface area contributed by atoms with Gasteiger partial charge in [-0.1, -0.05) is 109 Å². The van der Waals surface area contributed by atoms with Crippen molar-refractivity contribution < 1.29 is 52.4 Å². The van der Waals surface area contributed by atoms with Crippen LogP contribution in [0, 0.1) is 0 Å². The second kappa shape index (κ2) is 13.3. The predicted octanol–water partition coefficient (Wildman–Crippen LogP) is -0.00910. The third kappa shape index (κ3) is 5.96. The summed E-state index contributed by atoms with van der Waals surface area (Å²) >= 11 is 0. The molecule has 6 rings (SSSR count). The zero-order valence-electron chi connectivity index (χ0n) is 23.0. The normalized spacial score (nSPS) is 11.2. The molecule has 0 spiro atoms. The van der Waals surface area contributed by atoms with E-state index in [1.54, 1.807) is 0 Å². The predicted molar refractivity (Wildman–Crippen MR) is 153 cm³/mol. The number of fused-ring (bicyclic) bond motifs is 3. The van der Waals surface area contributed by atoms with Gasteiger partial charge in [0.1, 0.15) is 0 Å². The standard InChI is InChI=1S/C34H27BO3.2Li/c36-35(37)38-21-7-20-34(31-17-14-25-8-1-4-11-28(25)22-31,32-18-15-26-9-2-5-12-29(26)23-32)33-19-16-27-10-3-6-13-30(27)24-33;;/h1-6,8-19,22-24H,7,20-21H2;;/q-2;2*+1.